The van der Waals surface area contributed by atoms with Gasteiger partial charge in [0.2, 0.25) is 0 Å². The number of carboxylic acid groups (broad SMARTS) is 1. The van der Waals surface area contributed by atoms with E-state index in [0.29, 0.717) is 19.5 Å². The highest BCUT2D eigenvalue weighted by atomic mass is 16.4. The molecule has 1 unspecified atom stereocenters. The summed E-state index contributed by atoms with van der Waals surface area (Å²) in [6.45, 7) is 1.57. The smallest absolute Gasteiger partial charge is 0.320 e. The molecule has 2 aliphatic rings. The lowest BCUT2D eigenvalue weighted by molar-refractivity contribution is -0.146. The maximum Gasteiger partial charge on any atom is 0.320 e. The van der Waals surface area contributed by atoms with Crippen LogP contribution >= 0.6 is 0 Å². The summed E-state index contributed by atoms with van der Waals surface area (Å²) in [7, 11) is 0. The lowest BCUT2D eigenvalue weighted by Crippen LogP contribution is -2.57. The highest BCUT2D eigenvalue weighted by Gasteiger charge is 2.40. The Morgan fingerprint density at radius 1 is 1.28 bits per heavy atom. The van der Waals surface area contributed by atoms with Gasteiger partial charge in [0.05, 0.1) is 5.92 Å². The second-order valence-corrected chi connectivity index (χ2v) is 5.08. The number of carbonyl (C=O) groups excluding carboxylic acids is 1. The summed E-state index contributed by atoms with van der Waals surface area (Å²) in [5, 5.41) is 17.6. The van der Waals surface area contributed by atoms with Gasteiger partial charge < -0.3 is 20.0 Å². The van der Waals surface area contributed by atoms with Gasteiger partial charge in [-0.05, 0) is 25.7 Å². The van der Waals surface area contributed by atoms with E-state index in [4.69, 9.17) is 10.2 Å². The summed E-state index contributed by atoms with van der Waals surface area (Å²) >= 11 is 0. The third-order valence-electron chi connectivity index (χ3n) is 3.82. The maximum atomic E-state index is 12.2. The number of aliphatic hydroxyl groups excluding tert-OH is 1. The molecule has 6 nitrogen and oxygen atoms in total. The summed E-state index contributed by atoms with van der Waals surface area (Å²) in [6, 6.07) is 0.182. The van der Waals surface area contributed by atoms with Crippen LogP contribution in [-0.2, 0) is 4.79 Å². The first-order valence-corrected chi connectivity index (χ1v) is 6.52. The summed E-state index contributed by atoms with van der Waals surface area (Å²) in [5.74, 6) is -1.22. The second kappa shape index (κ2) is 5.56. The zero-order valence-corrected chi connectivity index (χ0v) is 10.4. The number of aliphatic hydroxyl groups is 1. The number of carbonyl (C=O) groups is 2. The van der Waals surface area contributed by atoms with Crippen molar-refractivity contribution in [2.24, 2.45) is 5.92 Å². The minimum Gasteiger partial charge on any atom is -0.481 e. The van der Waals surface area contributed by atoms with Crippen molar-refractivity contribution in [2.45, 2.75) is 31.7 Å². The Hall–Kier alpha value is -1.30. The van der Waals surface area contributed by atoms with Gasteiger partial charge >= 0.3 is 12.0 Å². The van der Waals surface area contributed by atoms with E-state index >= 15 is 0 Å². The van der Waals surface area contributed by atoms with Crippen molar-refractivity contribution in [1.82, 2.24) is 9.80 Å². The Balaban J connectivity index is 1.83. The third kappa shape index (κ3) is 2.58. The van der Waals surface area contributed by atoms with Crippen LogP contribution in [0.3, 0.4) is 0 Å². The molecule has 2 N–H and O–H groups in total. The zero-order valence-electron chi connectivity index (χ0n) is 10.4. The number of urea groups is 1. The quantitative estimate of drug-likeness (QED) is 0.761. The number of likely N-dealkylation sites (tertiary alicyclic amines) is 2. The van der Waals surface area contributed by atoms with Crippen LogP contribution in [0.25, 0.3) is 0 Å². The Kier molecular flexibility index (Phi) is 4.06. The first-order valence-electron chi connectivity index (χ1n) is 6.52. The Bertz CT molecular complexity index is 328. The van der Waals surface area contributed by atoms with Crippen LogP contribution in [0.1, 0.15) is 25.7 Å². The fourth-order valence-corrected chi connectivity index (χ4v) is 2.69. The average Bonchev–Trinajstić information content (AvgIpc) is 2.71. The van der Waals surface area contributed by atoms with Crippen LogP contribution in [0, 0.1) is 5.92 Å². The highest BCUT2D eigenvalue weighted by Crippen LogP contribution is 2.25. The van der Waals surface area contributed by atoms with Gasteiger partial charge in [0.15, 0.2) is 0 Å². The van der Waals surface area contributed by atoms with E-state index in [2.05, 4.69) is 0 Å². The van der Waals surface area contributed by atoms with E-state index in [1.165, 1.54) is 0 Å². The SMILES string of the molecule is O=C(O)C1CN(C(=O)N2CCCC2CCCO)C1. The lowest BCUT2D eigenvalue weighted by atomic mass is 10.0. The van der Waals surface area contributed by atoms with Crippen molar-refractivity contribution in [1.29, 1.82) is 0 Å². The van der Waals surface area contributed by atoms with E-state index in [9.17, 15) is 9.59 Å². The fourth-order valence-electron chi connectivity index (χ4n) is 2.69. The number of aliphatic carboxylic acids is 1. The predicted molar refractivity (Wildman–Crippen MR) is 64.1 cm³/mol. The monoisotopic (exact) mass is 256 g/mol. The number of carboxylic acids is 1. The molecule has 2 aliphatic heterocycles. The van der Waals surface area contributed by atoms with Crippen molar-refractivity contribution in [3.63, 3.8) is 0 Å². The van der Waals surface area contributed by atoms with E-state index in [1.807, 2.05) is 4.90 Å². The van der Waals surface area contributed by atoms with Crippen LogP contribution in [0.5, 0.6) is 0 Å². The molecule has 18 heavy (non-hydrogen) atoms. The van der Waals surface area contributed by atoms with Crippen LogP contribution in [0.15, 0.2) is 0 Å². The summed E-state index contributed by atoms with van der Waals surface area (Å²) in [5.41, 5.74) is 0. The van der Waals surface area contributed by atoms with Gasteiger partial charge in [0.1, 0.15) is 0 Å². The van der Waals surface area contributed by atoms with E-state index < -0.39 is 11.9 Å². The minimum atomic E-state index is -0.822. The Morgan fingerprint density at radius 2 is 2.00 bits per heavy atom. The topological polar surface area (TPSA) is 81.1 Å². The molecule has 2 saturated heterocycles. The standard InChI is InChI=1S/C12H20N2O4/c15-6-2-4-10-3-1-5-14(10)12(18)13-7-9(8-13)11(16)17/h9-10,15H,1-8H2,(H,16,17). The van der Waals surface area contributed by atoms with Crippen LogP contribution in [-0.4, -0.2) is 64.3 Å². The summed E-state index contributed by atoms with van der Waals surface area (Å²) in [6.07, 6.45) is 3.53. The molecule has 2 rings (SSSR count). The highest BCUT2D eigenvalue weighted by molar-refractivity contribution is 5.80. The molecule has 0 aromatic carbocycles. The lowest BCUT2D eigenvalue weighted by Gasteiger charge is -2.40. The minimum absolute atomic E-state index is 0.0343. The molecule has 0 aliphatic carbocycles. The molecule has 2 fully saturated rings. The van der Waals surface area contributed by atoms with Crippen molar-refractivity contribution in [3.05, 3.63) is 0 Å². The molecular formula is C12H20N2O4. The molecule has 0 radical (unpaired) electrons. The predicted octanol–water partition coefficient (Wildman–Crippen LogP) is 0.360. The number of rotatable bonds is 4. The van der Waals surface area contributed by atoms with Crippen molar-refractivity contribution >= 4 is 12.0 Å². The van der Waals surface area contributed by atoms with Gasteiger partial charge in [-0.3, -0.25) is 4.79 Å². The first-order chi connectivity index (χ1) is 8.63. The van der Waals surface area contributed by atoms with Gasteiger partial charge in [-0.15, -0.1) is 0 Å². The molecule has 0 saturated carbocycles. The fraction of sp³-hybridized carbons (Fsp3) is 0.833. The molecule has 1 atom stereocenters. The van der Waals surface area contributed by atoms with Crippen molar-refractivity contribution in [3.8, 4) is 0 Å². The Labute approximate surface area is 106 Å². The molecule has 2 amide bonds. The molecule has 0 aromatic heterocycles. The van der Waals surface area contributed by atoms with Crippen LogP contribution < -0.4 is 0 Å². The van der Waals surface area contributed by atoms with Crippen LogP contribution in [0.4, 0.5) is 4.79 Å². The van der Waals surface area contributed by atoms with Gasteiger partial charge in [0, 0.05) is 32.3 Å². The number of hydrogen-bond acceptors (Lipinski definition) is 3. The van der Waals surface area contributed by atoms with Gasteiger partial charge in [-0.2, -0.15) is 0 Å². The average molecular weight is 256 g/mol. The third-order valence-corrected chi connectivity index (χ3v) is 3.82. The van der Waals surface area contributed by atoms with E-state index in [-0.39, 0.29) is 18.7 Å². The molecular weight excluding hydrogens is 236 g/mol. The number of amides is 2. The van der Waals surface area contributed by atoms with Gasteiger partial charge in [0.25, 0.3) is 0 Å². The van der Waals surface area contributed by atoms with Gasteiger partial charge in [-0.1, -0.05) is 0 Å². The summed E-state index contributed by atoms with van der Waals surface area (Å²) < 4.78 is 0. The number of hydrogen-bond donors (Lipinski definition) is 2. The van der Waals surface area contributed by atoms with Gasteiger partial charge in [-0.25, -0.2) is 4.79 Å². The molecule has 6 heteroatoms. The molecule has 0 spiro atoms. The molecule has 2 heterocycles. The second-order valence-electron chi connectivity index (χ2n) is 5.08. The molecule has 0 aromatic rings. The zero-order chi connectivity index (χ0) is 13.1. The molecule has 102 valence electrons. The first kappa shape index (κ1) is 13.1. The largest absolute Gasteiger partial charge is 0.481 e. The van der Waals surface area contributed by atoms with Crippen molar-refractivity contribution < 1.29 is 19.8 Å². The van der Waals surface area contributed by atoms with E-state index in [0.717, 1.165) is 25.8 Å². The normalized spacial score (nSPS) is 24.2. The number of nitrogens with zero attached hydrogens (tertiary/aromatic N) is 2. The maximum absolute atomic E-state index is 12.2. The van der Waals surface area contributed by atoms with E-state index in [1.54, 1.807) is 4.90 Å². The van der Waals surface area contributed by atoms with Crippen LogP contribution in [0.2, 0.25) is 0 Å². The summed E-state index contributed by atoms with van der Waals surface area (Å²) in [4.78, 5) is 26.3. The van der Waals surface area contributed by atoms with Crippen molar-refractivity contribution in [2.75, 3.05) is 26.2 Å². The molecule has 0 bridgehead atoms. The Morgan fingerprint density at radius 3 is 2.61 bits per heavy atom.